The van der Waals surface area contributed by atoms with E-state index in [1.807, 2.05) is 0 Å². The highest BCUT2D eigenvalue weighted by Gasteiger charge is 2.38. The van der Waals surface area contributed by atoms with Crippen LogP contribution in [0.1, 0.15) is 76.2 Å². The van der Waals surface area contributed by atoms with Gasteiger partial charge >= 0.3 is 11.7 Å². The molecule has 3 aromatic rings. The molecule has 0 unspecified atom stereocenters. The molecule has 174 valence electrons. The number of hydrogen-bond acceptors (Lipinski definition) is 8. The molecule has 33 heavy (non-hydrogen) atoms. The van der Waals surface area contributed by atoms with E-state index in [9.17, 15) is 14.4 Å². The molecule has 1 aliphatic carbocycles. The van der Waals surface area contributed by atoms with Crippen molar-refractivity contribution in [3.05, 3.63) is 67.7 Å². The lowest BCUT2D eigenvalue weighted by Gasteiger charge is -2.09. The monoisotopic (exact) mass is 474 g/mol. The van der Waals surface area contributed by atoms with Crippen LogP contribution in [0.4, 0.5) is 0 Å². The number of aromatic nitrogens is 4. The van der Waals surface area contributed by atoms with Crippen LogP contribution in [0.2, 0.25) is 5.02 Å². The molecule has 0 atom stereocenters. The fourth-order valence-corrected chi connectivity index (χ4v) is 3.81. The van der Waals surface area contributed by atoms with Crippen LogP contribution in [0, 0.1) is 6.92 Å². The van der Waals surface area contributed by atoms with Crippen molar-refractivity contribution in [3.8, 4) is 0 Å². The molecular weight excluding hydrogens is 452 g/mol. The number of aryl methyl sites for hydroxylation is 1. The van der Waals surface area contributed by atoms with E-state index < -0.39 is 17.4 Å². The highest BCUT2D eigenvalue weighted by Crippen LogP contribution is 2.43. The van der Waals surface area contributed by atoms with E-state index in [0.717, 1.165) is 17.6 Å². The summed E-state index contributed by atoms with van der Waals surface area (Å²) >= 11 is 6.60. The number of carbonyl (C=O) groups is 2. The Kier molecular flexibility index (Phi) is 6.37. The highest BCUT2D eigenvalue weighted by molar-refractivity contribution is 6.36. The van der Waals surface area contributed by atoms with Crippen LogP contribution >= 0.6 is 11.6 Å². The zero-order valence-electron chi connectivity index (χ0n) is 18.5. The van der Waals surface area contributed by atoms with Crippen molar-refractivity contribution in [3.63, 3.8) is 0 Å². The van der Waals surface area contributed by atoms with Crippen molar-refractivity contribution in [1.29, 1.82) is 0 Å². The summed E-state index contributed by atoms with van der Waals surface area (Å²) in [5.41, 5.74) is 0.129. The van der Waals surface area contributed by atoms with E-state index in [-0.39, 0.29) is 40.9 Å². The average molecular weight is 475 g/mol. The molecule has 0 amide bonds. The summed E-state index contributed by atoms with van der Waals surface area (Å²) < 4.78 is 12.7. The minimum Gasteiger partial charge on any atom is -0.461 e. The number of ether oxygens (including phenoxy) is 1. The van der Waals surface area contributed by atoms with Crippen molar-refractivity contribution >= 4 is 23.4 Å². The summed E-state index contributed by atoms with van der Waals surface area (Å²) in [7, 11) is 0. The predicted molar refractivity (Wildman–Crippen MR) is 117 cm³/mol. The average Bonchev–Trinajstić information content (AvgIpc) is 3.48. The van der Waals surface area contributed by atoms with Crippen LogP contribution in [0.3, 0.4) is 0 Å². The molecule has 1 aliphatic rings. The van der Waals surface area contributed by atoms with Gasteiger partial charge in [0, 0.05) is 11.5 Å². The Labute approximate surface area is 194 Å². The lowest BCUT2D eigenvalue weighted by Crippen LogP contribution is -2.30. The molecule has 2 heterocycles. The summed E-state index contributed by atoms with van der Waals surface area (Å²) in [5, 5.41) is 8.17. The number of rotatable bonds is 9. The van der Waals surface area contributed by atoms with E-state index in [4.69, 9.17) is 25.7 Å². The molecule has 0 aliphatic heterocycles. The molecule has 0 saturated heterocycles. The summed E-state index contributed by atoms with van der Waals surface area (Å²) in [4.78, 5) is 43.8. The van der Waals surface area contributed by atoms with E-state index in [1.165, 1.54) is 4.68 Å². The van der Waals surface area contributed by atoms with Crippen molar-refractivity contribution in [2.45, 2.75) is 46.1 Å². The van der Waals surface area contributed by atoms with Crippen LogP contribution in [0.5, 0.6) is 0 Å². The molecule has 4 rings (SSSR count). The van der Waals surface area contributed by atoms with Gasteiger partial charge in [0.2, 0.25) is 11.5 Å². The number of nitrogens with zero attached hydrogens (tertiary/aromatic N) is 4. The summed E-state index contributed by atoms with van der Waals surface area (Å²) in [5.74, 6) is -0.427. The molecule has 0 N–H and O–H groups in total. The quantitative estimate of drug-likeness (QED) is 0.343. The molecule has 1 aromatic carbocycles. The first-order chi connectivity index (χ1) is 15.9. The number of halogens is 1. The van der Waals surface area contributed by atoms with Crippen molar-refractivity contribution in [1.82, 2.24) is 19.7 Å². The maximum atomic E-state index is 13.5. The Morgan fingerprint density at radius 3 is 2.67 bits per heavy atom. The van der Waals surface area contributed by atoms with Gasteiger partial charge in [-0.3, -0.25) is 4.79 Å². The van der Waals surface area contributed by atoms with Gasteiger partial charge in [0.25, 0.3) is 0 Å². The molecule has 11 heteroatoms. The fourth-order valence-electron chi connectivity index (χ4n) is 3.54. The molecule has 10 nitrogen and oxygen atoms in total. The van der Waals surface area contributed by atoms with E-state index in [1.54, 1.807) is 39.0 Å². The first kappa shape index (κ1) is 22.8. The molecule has 0 radical (unpaired) electrons. The predicted octanol–water partition coefficient (Wildman–Crippen LogP) is 2.78. The van der Waals surface area contributed by atoms with Crippen LogP contribution in [-0.2, 0) is 11.3 Å². The molecule has 2 aromatic heterocycles. The maximum absolute atomic E-state index is 13.5. The van der Waals surface area contributed by atoms with Gasteiger partial charge in [-0.15, -0.1) is 4.73 Å². The Balaban J connectivity index is 1.71. The summed E-state index contributed by atoms with van der Waals surface area (Å²) in [6.07, 6.45) is 1.69. The van der Waals surface area contributed by atoms with Gasteiger partial charge < -0.3 is 14.1 Å². The number of ketones is 1. The standard InChI is InChI=1S/C22H23ClN4O6/c1-4-31-21(29)18-16(20(33-25-18)13-9-10-13)19(28)15-8-6-7-14(17(15)23)11-26-22(30)27(32-5-2)12(3)24-26/h6-8,13H,4-5,9-11H2,1-3H3. The van der Waals surface area contributed by atoms with Crippen LogP contribution < -0.4 is 10.5 Å². The second-order valence-corrected chi connectivity index (χ2v) is 7.95. The van der Waals surface area contributed by atoms with Gasteiger partial charge in [0.05, 0.1) is 18.2 Å². The van der Waals surface area contributed by atoms with Crippen molar-refractivity contribution in [2.75, 3.05) is 13.2 Å². The Bertz CT molecular complexity index is 1270. The van der Waals surface area contributed by atoms with Crippen LogP contribution in [-0.4, -0.2) is 44.6 Å². The molecule has 1 saturated carbocycles. The lowest BCUT2D eigenvalue weighted by atomic mass is 9.98. The second kappa shape index (κ2) is 9.22. The molecule has 0 bridgehead atoms. The van der Waals surface area contributed by atoms with Gasteiger partial charge in [0.1, 0.15) is 12.2 Å². The van der Waals surface area contributed by atoms with Crippen LogP contribution in [0.15, 0.2) is 27.5 Å². The minimum absolute atomic E-state index is 0.0313. The Hall–Kier alpha value is -3.40. The third-order valence-electron chi connectivity index (χ3n) is 5.22. The maximum Gasteiger partial charge on any atom is 0.379 e. The molecule has 0 spiro atoms. The first-order valence-corrected chi connectivity index (χ1v) is 11.0. The van der Waals surface area contributed by atoms with Gasteiger partial charge in [-0.05, 0) is 45.2 Å². The smallest absolute Gasteiger partial charge is 0.379 e. The highest BCUT2D eigenvalue weighted by atomic mass is 35.5. The summed E-state index contributed by atoms with van der Waals surface area (Å²) in [6.45, 7) is 5.55. The van der Waals surface area contributed by atoms with E-state index >= 15 is 0 Å². The van der Waals surface area contributed by atoms with Crippen LogP contribution in [0.25, 0.3) is 0 Å². The number of carbonyl (C=O) groups excluding carboxylic acids is 2. The van der Waals surface area contributed by atoms with Gasteiger partial charge in [0.15, 0.2) is 11.6 Å². The first-order valence-electron chi connectivity index (χ1n) is 10.7. The lowest BCUT2D eigenvalue weighted by molar-refractivity contribution is 0.0512. The zero-order valence-corrected chi connectivity index (χ0v) is 19.2. The molecular formula is C22H23ClN4O6. The molecule has 1 fully saturated rings. The van der Waals surface area contributed by atoms with Gasteiger partial charge in [-0.2, -0.15) is 5.10 Å². The van der Waals surface area contributed by atoms with Gasteiger partial charge in [-0.25, -0.2) is 14.3 Å². The SMILES string of the molecule is CCOC(=O)c1noc(C2CC2)c1C(=O)c1cccc(Cn2nc(C)n(OCC)c2=O)c1Cl. The number of benzene rings is 1. The van der Waals surface area contributed by atoms with Crippen molar-refractivity contribution < 1.29 is 23.7 Å². The second-order valence-electron chi connectivity index (χ2n) is 7.57. The van der Waals surface area contributed by atoms with E-state index in [0.29, 0.717) is 23.8 Å². The largest absolute Gasteiger partial charge is 0.461 e. The van der Waals surface area contributed by atoms with Crippen molar-refractivity contribution in [2.24, 2.45) is 0 Å². The normalized spacial score (nSPS) is 13.2. The topological polar surface area (TPSA) is 118 Å². The summed E-state index contributed by atoms with van der Waals surface area (Å²) in [6, 6.07) is 4.90. The van der Waals surface area contributed by atoms with Gasteiger partial charge in [-0.1, -0.05) is 28.9 Å². The third kappa shape index (κ3) is 4.30. The minimum atomic E-state index is -0.729. The number of esters is 1. The Morgan fingerprint density at radius 1 is 1.24 bits per heavy atom. The van der Waals surface area contributed by atoms with E-state index in [2.05, 4.69) is 10.3 Å². The number of hydrogen-bond donors (Lipinski definition) is 0. The zero-order chi connectivity index (χ0) is 23.7. The fraction of sp³-hybridized carbons (Fsp3) is 0.409. The Morgan fingerprint density at radius 2 is 2.00 bits per heavy atom. The third-order valence-corrected chi connectivity index (χ3v) is 5.66.